The summed E-state index contributed by atoms with van der Waals surface area (Å²) in [6, 6.07) is -0.297. The van der Waals surface area contributed by atoms with Gasteiger partial charge in [0, 0.05) is 13.0 Å². The van der Waals surface area contributed by atoms with Crippen LogP contribution in [0.1, 0.15) is 32.1 Å². The van der Waals surface area contributed by atoms with Gasteiger partial charge in [0.1, 0.15) is 0 Å². The van der Waals surface area contributed by atoms with Crippen molar-refractivity contribution in [3.05, 3.63) is 0 Å². The van der Waals surface area contributed by atoms with Gasteiger partial charge in [-0.25, -0.2) is 0 Å². The number of carbonyl (C=O) groups excluding carboxylic acids is 1. The van der Waals surface area contributed by atoms with E-state index in [1.54, 1.807) is 0 Å². The maximum atomic E-state index is 11.9. The second-order valence-corrected chi connectivity index (χ2v) is 4.03. The summed E-state index contributed by atoms with van der Waals surface area (Å²) >= 11 is 0. The molecule has 0 aromatic heterocycles. The average Bonchev–Trinajstić information content (AvgIpc) is 2.25. The molecule has 1 fully saturated rings. The zero-order valence-corrected chi connectivity index (χ0v) is 8.96. The molecular weight excluding hydrogens is 223 g/mol. The lowest BCUT2D eigenvalue weighted by Gasteiger charge is -2.34. The van der Waals surface area contributed by atoms with Gasteiger partial charge in [-0.05, 0) is 19.3 Å². The van der Waals surface area contributed by atoms with Crippen molar-refractivity contribution in [3.63, 3.8) is 0 Å². The van der Waals surface area contributed by atoms with Crippen LogP contribution in [0.4, 0.5) is 13.2 Å². The number of amides is 1. The van der Waals surface area contributed by atoms with Gasteiger partial charge in [-0.1, -0.05) is 0 Å². The van der Waals surface area contributed by atoms with Crippen LogP contribution in [0, 0.1) is 0 Å². The van der Waals surface area contributed by atoms with Gasteiger partial charge in [-0.3, -0.25) is 4.79 Å². The fourth-order valence-corrected chi connectivity index (χ4v) is 1.91. The van der Waals surface area contributed by atoms with Gasteiger partial charge in [0.15, 0.2) is 0 Å². The Labute approximate surface area is 92.2 Å². The molecule has 0 aliphatic carbocycles. The summed E-state index contributed by atoms with van der Waals surface area (Å²) in [5.41, 5.74) is 0. The molecule has 1 amide bonds. The topological polar surface area (TPSA) is 40.5 Å². The van der Waals surface area contributed by atoms with Gasteiger partial charge in [0.25, 0.3) is 0 Å². The molecule has 6 heteroatoms. The van der Waals surface area contributed by atoms with Gasteiger partial charge in [0.2, 0.25) is 5.91 Å². The number of piperidine rings is 1. The number of carbonyl (C=O) groups is 1. The zero-order valence-electron chi connectivity index (χ0n) is 8.96. The number of alkyl halides is 3. The Morgan fingerprint density at radius 3 is 2.62 bits per heavy atom. The quantitative estimate of drug-likeness (QED) is 0.814. The molecule has 0 saturated carbocycles. The van der Waals surface area contributed by atoms with Crippen LogP contribution >= 0.6 is 0 Å². The number of rotatable bonds is 3. The van der Waals surface area contributed by atoms with E-state index in [1.165, 1.54) is 4.90 Å². The lowest BCUT2D eigenvalue weighted by Crippen LogP contribution is -2.45. The fourth-order valence-electron chi connectivity index (χ4n) is 1.91. The summed E-state index contributed by atoms with van der Waals surface area (Å²) in [6.07, 6.45) is -3.50. The second kappa shape index (κ2) is 5.52. The minimum Gasteiger partial charge on any atom is -0.394 e. The predicted octanol–water partition coefficient (Wildman–Crippen LogP) is 1.70. The van der Waals surface area contributed by atoms with Crippen molar-refractivity contribution in [2.75, 3.05) is 13.2 Å². The third-order valence-electron chi connectivity index (χ3n) is 2.78. The third kappa shape index (κ3) is 4.00. The summed E-state index contributed by atoms with van der Waals surface area (Å²) in [5.74, 6) is -0.504. The van der Waals surface area contributed by atoms with Gasteiger partial charge in [0.05, 0.1) is 19.1 Å². The monoisotopic (exact) mass is 239 g/mol. The zero-order chi connectivity index (χ0) is 12.2. The van der Waals surface area contributed by atoms with Gasteiger partial charge in [-0.15, -0.1) is 0 Å². The first kappa shape index (κ1) is 13.3. The average molecular weight is 239 g/mol. The van der Waals surface area contributed by atoms with Gasteiger partial charge >= 0.3 is 6.18 Å². The molecule has 1 heterocycles. The van der Waals surface area contributed by atoms with E-state index in [9.17, 15) is 18.0 Å². The van der Waals surface area contributed by atoms with E-state index in [0.29, 0.717) is 13.0 Å². The number of halogens is 3. The molecule has 0 spiro atoms. The van der Waals surface area contributed by atoms with E-state index in [4.69, 9.17) is 5.11 Å². The molecule has 0 radical (unpaired) electrons. The highest BCUT2D eigenvalue weighted by atomic mass is 19.4. The lowest BCUT2D eigenvalue weighted by molar-refractivity contribution is -0.151. The smallest absolute Gasteiger partial charge is 0.389 e. The molecule has 1 saturated heterocycles. The molecule has 0 aromatic rings. The molecule has 16 heavy (non-hydrogen) atoms. The highest BCUT2D eigenvalue weighted by molar-refractivity contribution is 5.76. The maximum Gasteiger partial charge on any atom is 0.389 e. The second-order valence-electron chi connectivity index (χ2n) is 4.03. The first-order chi connectivity index (χ1) is 7.44. The minimum absolute atomic E-state index is 0.169. The number of hydrogen-bond acceptors (Lipinski definition) is 2. The van der Waals surface area contributed by atoms with Crippen molar-refractivity contribution < 1.29 is 23.1 Å². The van der Waals surface area contributed by atoms with Crippen molar-refractivity contribution in [1.82, 2.24) is 4.90 Å². The first-order valence-electron chi connectivity index (χ1n) is 5.41. The third-order valence-corrected chi connectivity index (χ3v) is 2.78. The molecule has 1 atom stereocenters. The molecule has 1 unspecified atom stereocenters. The van der Waals surface area contributed by atoms with Crippen LogP contribution in [0.25, 0.3) is 0 Å². The molecule has 1 rings (SSSR count). The predicted molar refractivity (Wildman–Crippen MR) is 51.7 cm³/mol. The molecule has 0 bridgehead atoms. The number of likely N-dealkylation sites (tertiary alicyclic amines) is 1. The molecule has 1 aliphatic heterocycles. The normalized spacial score (nSPS) is 22.2. The number of nitrogens with zero attached hydrogens (tertiary/aromatic N) is 1. The van der Waals surface area contributed by atoms with E-state index >= 15 is 0 Å². The highest BCUT2D eigenvalue weighted by Crippen LogP contribution is 2.24. The Kier molecular flexibility index (Phi) is 4.58. The molecule has 1 aliphatic rings. The van der Waals surface area contributed by atoms with Crippen molar-refractivity contribution in [2.45, 2.75) is 44.3 Å². The summed E-state index contributed by atoms with van der Waals surface area (Å²) in [6.45, 7) is 0.291. The Balaban J connectivity index is 2.45. The lowest BCUT2D eigenvalue weighted by atomic mass is 10.0. The maximum absolute atomic E-state index is 11.9. The minimum atomic E-state index is -4.29. The van der Waals surface area contributed by atoms with Gasteiger partial charge < -0.3 is 10.0 Å². The van der Waals surface area contributed by atoms with Crippen molar-refractivity contribution in [2.24, 2.45) is 0 Å². The Morgan fingerprint density at radius 1 is 1.38 bits per heavy atom. The molecule has 0 aromatic carbocycles. The standard InChI is InChI=1S/C10H16F3NO2/c11-10(12,13)5-4-9(16)14-6-2-1-3-8(14)7-15/h8,15H,1-7H2. The summed E-state index contributed by atoms with van der Waals surface area (Å²) in [7, 11) is 0. The number of aliphatic hydroxyl groups excluding tert-OH is 1. The molecular formula is C10H16F3NO2. The SMILES string of the molecule is O=C(CCC(F)(F)F)N1CCCCC1CO. The summed E-state index contributed by atoms with van der Waals surface area (Å²) in [4.78, 5) is 12.9. The van der Waals surface area contributed by atoms with Gasteiger partial charge in [-0.2, -0.15) is 13.2 Å². The highest BCUT2D eigenvalue weighted by Gasteiger charge is 2.31. The number of hydrogen-bond donors (Lipinski definition) is 1. The molecule has 94 valence electrons. The van der Waals surface area contributed by atoms with Crippen LogP contribution in [0.3, 0.4) is 0 Å². The van der Waals surface area contributed by atoms with Crippen LogP contribution in [0.15, 0.2) is 0 Å². The van der Waals surface area contributed by atoms with Crippen molar-refractivity contribution in [1.29, 1.82) is 0 Å². The van der Waals surface area contributed by atoms with Crippen LogP contribution in [0.2, 0.25) is 0 Å². The van der Waals surface area contributed by atoms with E-state index < -0.39 is 24.9 Å². The molecule has 1 N–H and O–H groups in total. The summed E-state index contributed by atoms with van der Waals surface area (Å²) in [5, 5.41) is 9.02. The first-order valence-corrected chi connectivity index (χ1v) is 5.41. The largest absolute Gasteiger partial charge is 0.394 e. The van der Waals surface area contributed by atoms with E-state index in [1.807, 2.05) is 0 Å². The summed E-state index contributed by atoms with van der Waals surface area (Å²) < 4.78 is 35.8. The van der Waals surface area contributed by atoms with Crippen LogP contribution in [-0.4, -0.2) is 41.3 Å². The van der Waals surface area contributed by atoms with Crippen molar-refractivity contribution in [3.8, 4) is 0 Å². The van der Waals surface area contributed by atoms with E-state index in [2.05, 4.69) is 0 Å². The Morgan fingerprint density at radius 2 is 2.06 bits per heavy atom. The Bertz CT molecular complexity index is 243. The fraction of sp³-hybridized carbons (Fsp3) is 0.900. The van der Waals surface area contributed by atoms with E-state index in [-0.39, 0.29) is 12.6 Å². The van der Waals surface area contributed by atoms with E-state index in [0.717, 1.165) is 12.8 Å². The number of aliphatic hydroxyl groups is 1. The molecule has 3 nitrogen and oxygen atoms in total. The van der Waals surface area contributed by atoms with Crippen LogP contribution in [0.5, 0.6) is 0 Å². The van der Waals surface area contributed by atoms with Crippen LogP contribution in [-0.2, 0) is 4.79 Å². The van der Waals surface area contributed by atoms with Crippen molar-refractivity contribution >= 4 is 5.91 Å². The Hall–Kier alpha value is -0.780. The van der Waals surface area contributed by atoms with Crippen LogP contribution < -0.4 is 0 Å².